The van der Waals surface area contributed by atoms with Crippen LogP contribution < -0.4 is 4.74 Å². The first-order chi connectivity index (χ1) is 16.1. The summed E-state index contributed by atoms with van der Waals surface area (Å²) in [5, 5.41) is 8.34. The van der Waals surface area contributed by atoms with Crippen LogP contribution in [-0.2, 0) is 27.8 Å². The Labute approximate surface area is 204 Å². The van der Waals surface area contributed by atoms with Gasteiger partial charge < -0.3 is 9.47 Å². The quantitative estimate of drug-likeness (QED) is 0.276. The number of hydrogen-bond donors (Lipinski definition) is 0. The number of nitrogens with zero attached hydrogens (tertiary/aromatic N) is 2. The zero-order valence-electron chi connectivity index (χ0n) is 21.6. The lowest BCUT2D eigenvalue weighted by molar-refractivity contribution is -0.142. The smallest absolute Gasteiger partial charge is 0.311 e. The van der Waals surface area contributed by atoms with Gasteiger partial charge in [0.25, 0.3) is 0 Å². The molecule has 0 fully saturated rings. The fourth-order valence-corrected chi connectivity index (χ4v) is 4.81. The Morgan fingerprint density at radius 1 is 1.06 bits per heavy atom. The predicted octanol–water partition coefficient (Wildman–Crippen LogP) is 5.94. The zero-order chi connectivity index (χ0) is 24.8. The van der Waals surface area contributed by atoms with E-state index in [2.05, 4.69) is 68.8 Å². The molecule has 34 heavy (non-hydrogen) atoms. The fraction of sp³-hybridized carbons (Fsp3) is 0.552. The van der Waals surface area contributed by atoms with Gasteiger partial charge in [-0.3, -0.25) is 4.79 Å². The Hall–Kier alpha value is -2.87. The van der Waals surface area contributed by atoms with Crippen molar-refractivity contribution < 1.29 is 14.3 Å². The molecule has 0 radical (unpaired) electrons. The lowest BCUT2D eigenvalue weighted by Gasteiger charge is -2.42. The third kappa shape index (κ3) is 6.82. The molecular weight excluding hydrogens is 424 g/mol. The molecule has 3 rings (SSSR count). The normalized spacial score (nSPS) is 15.5. The van der Waals surface area contributed by atoms with Crippen molar-refractivity contribution >= 4 is 5.97 Å². The van der Waals surface area contributed by atoms with E-state index in [0.29, 0.717) is 18.0 Å². The van der Waals surface area contributed by atoms with Crippen LogP contribution in [0.2, 0.25) is 0 Å². The molecule has 1 aromatic heterocycles. The lowest BCUT2D eigenvalue weighted by Crippen LogP contribution is -2.41. The molecule has 2 heterocycles. The first-order valence-electron chi connectivity index (χ1n) is 12.5. The highest BCUT2D eigenvalue weighted by Crippen LogP contribution is 2.45. The van der Waals surface area contributed by atoms with Gasteiger partial charge in [-0.1, -0.05) is 46.0 Å². The van der Waals surface area contributed by atoms with Gasteiger partial charge in [0.05, 0.1) is 18.7 Å². The molecule has 0 amide bonds. The van der Waals surface area contributed by atoms with E-state index in [1.807, 2.05) is 6.07 Å². The predicted molar refractivity (Wildman–Crippen MR) is 135 cm³/mol. The summed E-state index contributed by atoms with van der Waals surface area (Å²) in [6.07, 6.45) is 6.85. The lowest BCUT2D eigenvalue weighted by atomic mass is 9.73. The monoisotopic (exact) mass is 462 g/mol. The number of rotatable bonds is 8. The Balaban J connectivity index is 1.89. The molecule has 0 saturated heterocycles. The van der Waals surface area contributed by atoms with Gasteiger partial charge in [0.1, 0.15) is 17.0 Å². The third-order valence-corrected chi connectivity index (χ3v) is 6.16. The minimum Gasteiger partial charge on any atom is -0.488 e. The van der Waals surface area contributed by atoms with Crippen LogP contribution in [0, 0.1) is 11.8 Å². The van der Waals surface area contributed by atoms with E-state index in [1.165, 1.54) is 30.4 Å². The van der Waals surface area contributed by atoms with E-state index < -0.39 is 0 Å². The van der Waals surface area contributed by atoms with Crippen molar-refractivity contribution in [3.8, 4) is 17.6 Å². The van der Waals surface area contributed by atoms with Crippen LogP contribution in [0.4, 0.5) is 0 Å². The highest BCUT2D eigenvalue weighted by atomic mass is 16.5. The molecule has 0 spiro atoms. The van der Waals surface area contributed by atoms with Crippen LogP contribution in [-0.4, -0.2) is 28.4 Å². The summed E-state index contributed by atoms with van der Waals surface area (Å²) in [6, 6.07) is 8.02. The molecule has 2 aromatic rings. The third-order valence-electron chi connectivity index (χ3n) is 6.16. The van der Waals surface area contributed by atoms with Gasteiger partial charge in [-0.25, -0.2) is 0 Å². The zero-order valence-corrected chi connectivity index (χ0v) is 21.6. The number of unbranched alkanes of at least 4 members (excludes halogenated alkanes) is 3. The van der Waals surface area contributed by atoms with Gasteiger partial charge >= 0.3 is 5.97 Å². The molecule has 0 atom stereocenters. The number of hydrogen-bond acceptors (Lipinski definition) is 5. The molecule has 1 aliphatic heterocycles. The van der Waals surface area contributed by atoms with Gasteiger partial charge in [0.15, 0.2) is 0 Å². The number of carbonyl (C=O) groups is 1. The number of carbonyl (C=O) groups excluding carboxylic acids is 1. The molecule has 5 heteroatoms. The van der Waals surface area contributed by atoms with Crippen molar-refractivity contribution in [2.75, 3.05) is 6.61 Å². The van der Waals surface area contributed by atoms with Crippen molar-refractivity contribution in [2.24, 2.45) is 0 Å². The van der Waals surface area contributed by atoms with Gasteiger partial charge in [-0.05, 0) is 81.2 Å². The Bertz CT molecular complexity index is 1060. The van der Waals surface area contributed by atoms with E-state index in [9.17, 15) is 4.79 Å². The van der Waals surface area contributed by atoms with Crippen LogP contribution in [0.15, 0.2) is 24.3 Å². The average Bonchev–Trinajstić information content (AvgIpc) is 2.75. The molecule has 182 valence electrons. The minimum atomic E-state index is -0.301. The molecule has 0 N–H and O–H groups in total. The highest BCUT2D eigenvalue weighted by Gasteiger charge is 2.39. The fourth-order valence-electron chi connectivity index (χ4n) is 4.81. The SMILES string of the molecule is CCCCCCc1cc2c(cc1C#Cc1ccc(CC(=O)OCC)nn1)C(C)(C)CC(C)(C)O2. The summed E-state index contributed by atoms with van der Waals surface area (Å²) in [6.45, 7) is 13.3. The van der Waals surface area contributed by atoms with Gasteiger partial charge in [-0.2, -0.15) is 5.10 Å². The number of ether oxygens (including phenoxy) is 2. The molecule has 1 aliphatic rings. The first-order valence-corrected chi connectivity index (χ1v) is 12.5. The summed E-state index contributed by atoms with van der Waals surface area (Å²) in [5.74, 6) is 7.22. The van der Waals surface area contributed by atoms with Crippen molar-refractivity contribution in [3.05, 3.63) is 52.3 Å². The van der Waals surface area contributed by atoms with Gasteiger partial charge in [-0.15, -0.1) is 5.10 Å². The molecule has 0 unspecified atom stereocenters. The van der Waals surface area contributed by atoms with Crippen LogP contribution >= 0.6 is 0 Å². The maximum absolute atomic E-state index is 11.7. The van der Waals surface area contributed by atoms with E-state index in [0.717, 1.165) is 30.6 Å². The topological polar surface area (TPSA) is 61.3 Å². The number of aromatic nitrogens is 2. The summed E-state index contributed by atoms with van der Waals surface area (Å²) < 4.78 is 11.4. The number of fused-ring (bicyclic) bond motifs is 1. The average molecular weight is 463 g/mol. The van der Waals surface area contributed by atoms with Crippen LogP contribution in [0.25, 0.3) is 0 Å². The van der Waals surface area contributed by atoms with E-state index in [4.69, 9.17) is 9.47 Å². The second kappa shape index (κ2) is 11.0. The standard InChI is InChI=1S/C29H38N2O3/c1-7-9-10-11-12-21-18-26-25(28(3,4)20-29(5,6)34-26)17-22(21)13-14-23-15-16-24(31-30-23)19-27(32)33-8-2/h15-18H,7-12,19-20H2,1-6H3. The Morgan fingerprint density at radius 3 is 2.53 bits per heavy atom. The van der Waals surface area contributed by atoms with Crippen molar-refractivity contribution in [1.82, 2.24) is 10.2 Å². The summed E-state index contributed by atoms with van der Waals surface area (Å²) in [5.41, 5.74) is 4.44. The van der Waals surface area contributed by atoms with E-state index in [1.54, 1.807) is 13.0 Å². The van der Waals surface area contributed by atoms with Crippen molar-refractivity contribution in [1.29, 1.82) is 0 Å². The Kier molecular flexibility index (Phi) is 8.36. The summed E-state index contributed by atoms with van der Waals surface area (Å²) in [4.78, 5) is 11.7. The van der Waals surface area contributed by atoms with Crippen LogP contribution in [0.3, 0.4) is 0 Å². The molecule has 0 bridgehead atoms. The first kappa shape index (κ1) is 25.7. The highest BCUT2D eigenvalue weighted by molar-refractivity contribution is 5.71. The minimum absolute atomic E-state index is 0.00278. The largest absolute Gasteiger partial charge is 0.488 e. The van der Waals surface area contributed by atoms with Crippen molar-refractivity contribution in [2.45, 2.75) is 97.5 Å². The second-order valence-electron chi connectivity index (χ2n) is 10.4. The van der Waals surface area contributed by atoms with Gasteiger partial charge in [0.2, 0.25) is 0 Å². The second-order valence-corrected chi connectivity index (χ2v) is 10.4. The molecule has 0 saturated carbocycles. The van der Waals surface area contributed by atoms with Crippen molar-refractivity contribution in [3.63, 3.8) is 0 Å². The maximum Gasteiger partial charge on any atom is 0.311 e. The molecule has 0 aliphatic carbocycles. The number of esters is 1. The van der Waals surface area contributed by atoms with Gasteiger partial charge in [0, 0.05) is 11.1 Å². The number of aryl methyl sites for hydroxylation is 1. The van der Waals surface area contributed by atoms with E-state index in [-0.39, 0.29) is 23.4 Å². The molecular formula is C29H38N2O3. The van der Waals surface area contributed by atoms with Crippen LogP contribution in [0.1, 0.15) is 102 Å². The Morgan fingerprint density at radius 2 is 1.85 bits per heavy atom. The molecule has 5 nitrogen and oxygen atoms in total. The maximum atomic E-state index is 11.7. The summed E-state index contributed by atoms with van der Waals surface area (Å²) >= 11 is 0. The van der Waals surface area contributed by atoms with Crippen LogP contribution in [0.5, 0.6) is 5.75 Å². The van der Waals surface area contributed by atoms with E-state index >= 15 is 0 Å². The summed E-state index contributed by atoms with van der Waals surface area (Å²) in [7, 11) is 0. The molecule has 1 aromatic carbocycles. The number of benzene rings is 1.